The smallest absolute Gasteiger partial charge is 0.327 e. The molecule has 0 spiro atoms. The molecule has 2 N–H and O–H groups in total. The number of aliphatic hydroxyl groups excluding tert-OH is 2. The highest BCUT2D eigenvalue weighted by atomic mass is 28.4. The van der Waals surface area contributed by atoms with Crippen molar-refractivity contribution in [2.24, 2.45) is 0 Å². The molecule has 0 aromatic rings. The van der Waals surface area contributed by atoms with Crippen LogP contribution in [0, 0.1) is 0 Å². The van der Waals surface area contributed by atoms with Crippen LogP contribution >= 0.6 is 0 Å². The molecule has 3 unspecified atom stereocenters. The molecule has 0 radical (unpaired) electrons. The Bertz CT molecular complexity index is 271. The quantitative estimate of drug-likeness (QED) is 0.423. The molecule has 5 nitrogen and oxygen atoms in total. The highest BCUT2D eigenvalue weighted by molar-refractivity contribution is 6.82. The summed E-state index contributed by atoms with van der Waals surface area (Å²) in [4.78, 5) is 0. The summed E-state index contributed by atoms with van der Waals surface area (Å²) in [5.74, 6) is 0. The van der Waals surface area contributed by atoms with Gasteiger partial charge in [0.15, 0.2) is 8.32 Å². The van der Waals surface area contributed by atoms with Gasteiger partial charge in [-0.2, -0.15) is 0 Å². The van der Waals surface area contributed by atoms with E-state index in [-0.39, 0.29) is 6.61 Å². The first kappa shape index (κ1) is 21.2. The summed E-state index contributed by atoms with van der Waals surface area (Å²) in [7, 11) is -2.00. The zero-order valence-corrected chi connectivity index (χ0v) is 16.5. The molecule has 0 fully saturated rings. The molecular formula is C14H34O5Si2. The van der Waals surface area contributed by atoms with Crippen molar-refractivity contribution in [3.63, 3.8) is 0 Å². The second-order valence-electron chi connectivity index (χ2n) is 6.57. The van der Waals surface area contributed by atoms with E-state index in [2.05, 4.69) is 26.6 Å². The van der Waals surface area contributed by atoms with Gasteiger partial charge in [-0.1, -0.05) is 13.3 Å². The summed E-state index contributed by atoms with van der Waals surface area (Å²) in [6.45, 7) is 11.0. The van der Waals surface area contributed by atoms with Gasteiger partial charge in [0.05, 0.1) is 12.7 Å². The molecule has 21 heavy (non-hydrogen) atoms. The van der Waals surface area contributed by atoms with E-state index in [0.29, 0.717) is 6.61 Å². The molecule has 0 amide bonds. The van der Waals surface area contributed by atoms with E-state index >= 15 is 0 Å². The van der Waals surface area contributed by atoms with Crippen molar-refractivity contribution in [1.82, 2.24) is 0 Å². The molecule has 0 aromatic heterocycles. The number of hydrogen-bond donors (Lipinski definition) is 2. The first-order chi connectivity index (χ1) is 9.66. The van der Waals surface area contributed by atoms with Crippen LogP contribution in [-0.4, -0.2) is 59.6 Å². The fourth-order valence-electron chi connectivity index (χ4n) is 2.20. The van der Waals surface area contributed by atoms with Crippen LogP contribution in [0.15, 0.2) is 0 Å². The third kappa shape index (κ3) is 9.77. The molecule has 0 saturated carbocycles. The zero-order valence-electron chi connectivity index (χ0n) is 14.5. The second kappa shape index (κ2) is 10.1. The fourth-order valence-corrected chi connectivity index (χ4v) is 9.92. The van der Waals surface area contributed by atoms with Gasteiger partial charge in [0.2, 0.25) is 0 Å². The van der Waals surface area contributed by atoms with Crippen LogP contribution in [0.3, 0.4) is 0 Å². The Morgan fingerprint density at radius 3 is 2.14 bits per heavy atom. The minimum Gasteiger partial charge on any atom is -0.436 e. The van der Waals surface area contributed by atoms with Crippen LogP contribution in [0.1, 0.15) is 26.7 Å². The summed E-state index contributed by atoms with van der Waals surface area (Å²) in [5.41, 5.74) is 0. The van der Waals surface area contributed by atoms with Crippen LogP contribution in [0.4, 0.5) is 0 Å². The van der Waals surface area contributed by atoms with Gasteiger partial charge >= 0.3 is 8.56 Å². The van der Waals surface area contributed by atoms with E-state index in [0.717, 1.165) is 24.9 Å². The lowest BCUT2D eigenvalue weighted by atomic mass is 10.2. The summed E-state index contributed by atoms with van der Waals surface area (Å²) in [6, 6.07) is 1.91. The van der Waals surface area contributed by atoms with Gasteiger partial charge in [-0.05, 0) is 45.1 Å². The van der Waals surface area contributed by atoms with Crippen molar-refractivity contribution >= 4 is 16.9 Å². The Labute approximate surface area is 132 Å². The van der Waals surface area contributed by atoms with Crippen molar-refractivity contribution in [1.29, 1.82) is 0 Å². The molecule has 0 aliphatic heterocycles. The first-order valence-electron chi connectivity index (χ1n) is 7.85. The maximum Gasteiger partial charge on any atom is 0.327 e. The topological polar surface area (TPSA) is 68.2 Å². The molecule has 128 valence electrons. The molecule has 0 aliphatic rings. The van der Waals surface area contributed by atoms with Crippen molar-refractivity contribution in [2.75, 3.05) is 20.3 Å². The highest BCUT2D eigenvalue weighted by Gasteiger charge is 2.39. The summed E-state index contributed by atoms with van der Waals surface area (Å²) in [6.07, 6.45) is 0.347. The number of aliphatic hydroxyl groups is 2. The average molecular weight is 339 g/mol. The minimum absolute atomic E-state index is 0.169. The van der Waals surface area contributed by atoms with E-state index in [9.17, 15) is 10.2 Å². The van der Waals surface area contributed by atoms with Crippen LogP contribution < -0.4 is 0 Å². The molecule has 0 saturated heterocycles. The van der Waals surface area contributed by atoms with Gasteiger partial charge < -0.3 is 23.5 Å². The predicted molar refractivity (Wildman–Crippen MR) is 90.2 cm³/mol. The molecule has 3 atom stereocenters. The van der Waals surface area contributed by atoms with Crippen molar-refractivity contribution in [3.05, 3.63) is 0 Å². The van der Waals surface area contributed by atoms with Crippen molar-refractivity contribution in [2.45, 2.75) is 70.6 Å². The van der Waals surface area contributed by atoms with Crippen LogP contribution in [-0.2, 0) is 13.3 Å². The van der Waals surface area contributed by atoms with Crippen molar-refractivity contribution < 1.29 is 23.5 Å². The standard InChI is InChI=1S/C14H34O5Si2/c1-7-10-21(17-3,19-20(4,5)6)11-8-9-18-12-14(16)13(2)15/h13-16H,7-12H2,1-6H3. The van der Waals surface area contributed by atoms with Gasteiger partial charge in [0.25, 0.3) is 0 Å². The Morgan fingerprint density at radius 2 is 1.71 bits per heavy atom. The van der Waals surface area contributed by atoms with E-state index < -0.39 is 29.1 Å². The highest BCUT2D eigenvalue weighted by Crippen LogP contribution is 2.26. The maximum absolute atomic E-state index is 9.46. The maximum atomic E-state index is 9.46. The van der Waals surface area contributed by atoms with Crippen LogP contribution in [0.5, 0.6) is 0 Å². The van der Waals surface area contributed by atoms with Gasteiger partial charge in [0.1, 0.15) is 6.10 Å². The predicted octanol–water partition coefficient (Wildman–Crippen LogP) is 2.48. The third-order valence-corrected chi connectivity index (χ3v) is 10.2. The van der Waals surface area contributed by atoms with E-state index in [1.165, 1.54) is 0 Å². The normalized spacial score (nSPS) is 18.3. The average Bonchev–Trinajstić information content (AvgIpc) is 2.36. The number of hydrogen-bond acceptors (Lipinski definition) is 5. The summed E-state index contributed by atoms with van der Waals surface area (Å²) >= 11 is 0. The lowest BCUT2D eigenvalue weighted by Gasteiger charge is -2.35. The van der Waals surface area contributed by atoms with E-state index in [4.69, 9.17) is 13.3 Å². The van der Waals surface area contributed by atoms with Gasteiger partial charge in [-0.25, -0.2) is 0 Å². The van der Waals surface area contributed by atoms with E-state index in [1.54, 1.807) is 14.0 Å². The first-order valence-corrected chi connectivity index (χ1v) is 13.5. The molecule has 7 heteroatoms. The largest absolute Gasteiger partial charge is 0.436 e. The number of rotatable bonds is 12. The summed E-state index contributed by atoms with van der Waals surface area (Å²) < 4.78 is 17.6. The monoisotopic (exact) mass is 338 g/mol. The molecule has 0 rings (SSSR count). The molecule has 0 heterocycles. The second-order valence-corrected chi connectivity index (χ2v) is 14.8. The molecule has 0 bridgehead atoms. The lowest BCUT2D eigenvalue weighted by Crippen LogP contribution is -2.49. The molecular weight excluding hydrogens is 304 g/mol. The Morgan fingerprint density at radius 1 is 1.10 bits per heavy atom. The Balaban J connectivity index is 4.24. The van der Waals surface area contributed by atoms with E-state index in [1.807, 2.05) is 0 Å². The third-order valence-electron chi connectivity index (χ3n) is 3.19. The van der Waals surface area contributed by atoms with Crippen LogP contribution in [0.2, 0.25) is 31.7 Å². The minimum atomic E-state index is -2.13. The van der Waals surface area contributed by atoms with Gasteiger partial charge in [0, 0.05) is 13.7 Å². The zero-order chi connectivity index (χ0) is 16.5. The Kier molecular flexibility index (Phi) is 10.2. The SMILES string of the molecule is CCC[Si](CCCOCC(O)C(C)O)(OC)O[Si](C)(C)C. The molecule has 0 aromatic carbocycles. The summed E-state index contributed by atoms with van der Waals surface area (Å²) in [5, 5.41) is 18.6. The fraction of sp³-hybridized carbons (Fsp3) is 1.00. The molecule has 0 aliphatic carbocycles. The number of ether oxygens (including phenoxy) is 1. The van der Waals surface area contributed by atoms with Gasteiger partial charge in [-0.15, -0.1) is 0 Å². The van der Waals surface area contributed by atoms with Crippen LogP contribution in [0.25, 0.3) is 0 Å². The van der Waals surface area contributed by atoms with Gasteiger partial charge in [-0.3, -0.25) is 0 Å². The van der Waals surface area contributed by atoms with Crippen molar-refractivity contribution in [3.8, 4) is 0 Å². The Hall–Kier alpha value is 0.234. The lowest BCUT2D eigenvalue weighted by molar-refractivity contribution is -0.0303.